The number of rotatable bonds is 7. The van der Waals surface area contributed by atoms with Gasteiger partial charge in [0.2, 0.25) is 0 Å². The van der Waals surface area contributed by atoms with E-state index in [2.05, 4.69) is 20.3 Å². The predicted molar refractivity (Wildman–Crippen MR) is 94.0 cm³/mol. The minimum atomic E-state index is -0.213. The van der Waals surface area contributed by atoms with Crippen LogP contribution in [-0.2, 0) is 17.8 Å². The second-order valence-electron chi connectivity index (χ2n) is 5.68. The number of aromatic amines is 1. The SMILES string of the molecule is COCCn1cncc1CNC(=O)c1nc(-c2ccccc2)[nH]c1C. The molecule has 0 radical (unpaired) electrons. The van der Waals surface area contributed by atoms with Crippen molar-refractivity contribution in [1.82, 2.24) is 24.8 Å². The third kappa shape index (κ3) is 3.95. The molecule has 7 heteroatoms. The first kappa shape index (κ1) is 16.9. The number of imidazole rings is 2. The summed E-state index contributed by atoms with van der Waals surface area (Å²) < 4.78 is 7.03. The van der Waals surface area contributed by atoms with Crippen molar-refractivity contribution in [1.29, 1.82) is 0 Å². The summed E-state index contributed by atoms with van der Waals surface area (Å²) in [5, 5.41) is 2.90. The van der Waals surface area contributed by atoms with E-state index in [1.165, 1.54) is 0 Å². The highest BCUT2D eigenvalue weighted by molar-refractivity contribution is 5.94. The molecule has 0 saturated carbocycles. The molecule has 25 heavy (non-hydrogen) atoms. The zero-order valence-corrected chi connectivity index (χ0v) is 14.3. The number of aromatic nitrogens is 4. The van der Waals surface area contributed by atoms with Crippen LogP contribution in [0.4, 0.5) is 0 Å². The summed E-state index contributed by atoms with van der Waals surface area (Å²) in [6.45, 7) is 3.52. The Hall–Kier alpha value is -2.93. The quantitative estimate of drug-likeness (QED) is 0.691. The monoisotopic (exact) mass is 339 g/mol. The first-order valence-corrected chi connectivity index (χ1v) is 8.07. The molecule has 0 spiro atoms. The van der Waals surface area contributed by atoms with Gasteiger partial charge in [0.1, 0.15) is 11.5 Å². The maximum Gasteiger partial charge on any atom is 0.272 e. The molecule has 0 saturated heterocycles. The van der Waals surface area contributed by atoms with Crippen LogP contribution in [0, 0.1) is 6.92 Å². The fourth-order valence-electron chi connectivity index (χ4n) is 2.56. The number of hydrogen-bond acceptors (Lipinski definition) is 4. The Morgan fingerprint density at radius 3 is 2.88 bits per heavy atom. The van der Waals surface area contributed by atoms with Gasteiger partial charge in [0, 0.05) is 31.1 Å². The zero-order valence-electron chi connectivity index (χ0n) is 14.3. The van der Waals surface area contributed by atoms with Gasteiger partial charge in [-0.2, -0.15) is 0 Å². The van der Waals surface area contributed by atoms with Crippen LogP contribution in [0.15, 0.2) is 42.9 Å². The second kappa shape index (κ2) is 7.76. The fourth-order valence-corrected chi connectivity index (χ4v) is 2.56. The Morgan fingerprint density at radius 1 is 1.32 bits per heavy atom. The fraction of sp³-hybridized carbons (Fsp3) is 0.278. The van der Waals surface area contributed by atoms with Crippen LogP contribution in [0.3, 0.4) is 0 Å². The van der Waals surface area contributed by atoms with Gasteiger partial charge in [-0.1, -0.05) is 30.3 Å². The number of amides is 1. The van der Waals surface area contributed by atoms with Gasteiger partial charge >= 0.3 is 0 Å². The lowest BCUT2D eigenvalue weighted by Gasteiger charge is -2.08. The summed E-state index contributed by atoms with van der Waals surface area (Å²) in [5.41, 5.74) is 3.01. The Balaban J connectivity index is 1.68. The normalized spacial score (nSPS) is 10.8. The van der Waals surface area contributed by atoms with Crippen LogP contribution in [0.1, 0.15) is 21.9 Å². The third-order valence-electron chi connectivity index (χ3n) is 3.91. The molecule has 0 unspecified atom stereocenters. The van der Waals surface area contributed by atoms with Crippen molar-refractivity contribution in [3.05, 3.63) is 59.9 Å². The standard InChI is InChI=1S/C18H21N5O2/c1-13-16(22-17(21-13)14-6-4-3-5-7-14)18(24)20-11-15-10-19-12-23(15)8-9-25-2/h3-7,10,12H,8-9,11H2,1-2H3,(H,20,24)(H,21,22). The highest BCUT2D eigenvalue weighted by atomic mass is 16.5. The van der Waals surface area contributed by atoms with Gasteiger partial charge in [0.15, 0.2) is 0 Å². The summed E-state index contributed by atoms with van der Waals surface area (Å²) in [5.74, 6) is 0.476. The van der Waals surface area contributed by atoms with Gasteiger partial charge in [0.05, 0.1) is 25.2 Å². The summed E-state index contributed by atoms with van der Waals surface area (Å²) >= 11 is 0. The third-order valence-corrected chi connectivity index (χ3v) is 3.91. The lowest BCUT2D eigenvalue weighted by Crippen LogP contribution is -2.25. The van der Waals surface area contributed by atoms with E-state index >= 15 is 0 Å². The smallest absolute Gasteiger partial charge is 0.272 e. The number of ether oxygens (including phenoxy) is 1. The zero-order chi connectivity index (χ0) is 17.6. The number of methoxy groups -OCH3 is 1. The summed E-state index contributed by atoms with van der Waals surface area (Å²) in [4.78, 5) is 24.2. The number of carbonyl (C=O) groups excluding carboxylic acids is 1. The second-order valence-corrected chi connectivity index (χ2v) is 5.68. The maximum atomic E-state index is 12.5. The minimum absolute atomic E-state index is 0.213. The molecule has 3 aromatic rings. The van der Waals surface area contributed by atoms with Crippen molar-refractivity contribution in [2.45, 2.75) is 20.0 Å². The average molecular weight is 339 g/mol. The molecule has 0 bridgehead atoms. The molecular weight excluding hydrogens is 318 g/mol. The molecule has 3 rings (SSSR count). The van der Waals surface area contributed by atoms with E-state index < -0.39 is 0 Å². The highest BCUT2D eigenvalue weighted by Crippen LogP contribution is 2.17. The molecule has 2 N–H and O–H groups in total. The van der Waals surface area contributed by atoms with Gasteiger partial charge in [-0.3, -0.25) is 4.79 Å². The molecular formula is C18H21N5O2. The number of nitrogens with zero attached hydrogens (tertiary/aromatic N) is 3. The first-order valence-electron chi connectivity index (χ1n) is 8.07. The van der Waals surface area contributed by atoms with E-state index in [-0.39, 0.29) is 5.91 Å². The Morgan fingerprint density at radius 2 is 2.12 bits per heavy atom. The largest absolute Gasteiger partial charge is 0.383 e. The molecule has 0 aliphatic carbocycles. The lowest BCUT2D eigenvalue weighted by atomic mass is 10.2. The number of hydrogen-bond donors (Lipinski definition) is 2. The number of H-pyrrole nitrogens is 1. The highest BCUT2D eigenvalue weighted by Gasteiger charge is 2.16. The Labute approximate surface area is 146 Å². The Kier molecular flexibility index (Phi) is 5.25. The predicted octanol–water partition coefficient (Wildman–Crippen LogP) is 2.16. The van der Waals surface area contributed by atoms with Crippen molar-refractivity contribution in [2.75, 3.05) is 13.7 Å². The molecule has 1 aromatic carbocycles. The van der Waals surface area contributed by atoms with E-state index in [9.17, 15) is 4.79 Å². The summed E-state index contributed by atoms with van der Waals surface area (Å²) in [7, 11) is 1.66. The molecule has 0 aliphatic heterocycles. The molecule has 2 aromatic heterocycles. The number of nitrogens with one attached hydrogen (secondary N) is 2. The number of aryl methyl sites for hydroxylation is 1. The topological polar surface area (TPSA) is 84.8 Å². The van der Waals surface area contributed by atoms with Crippen molar-refractivity contribution < 1.29 is 9.53 Å². The molecule has 0 aliphatic rings. The molecule has 130 valence electrons. The van der Waals surface area contributed by atoms with Gasteiger partial charge in [0.25, 0.3) is 5.91 Å². The van der Waals surface area contributed by atoms with Gasteiger partial charge in [-0.15, -0.1) is 0 Å². The number of benzene rings is 1. The molecule has 2 heterocycles. The van der Waals surface area contributed by atoms with E-state index in [0.29, 0.717) is 31.2 Å². The van der Waals surface area contributed by atoms with Crippen LogP contribution in [0.2, 0.25) is 0 Å². The summed E-state index contributed by atoms with van der Waals surface area (Å²) in [6, 6.07) is 9.73. The molecule has 7 nitrogen and oxygen atoms in total. The van der Waals surface area contributed by atoms with E-state index in [0.717, 1.165) is 17.0 Å². The minimum Gasteiger partial charge on any atom is -0.383 e. The van der Waals surface area contributed by atoms with Gasteiger partial charge in [-0.05, 0) is 6.92 Å². The van der Waals surface area contributed by atoms with Crippen LogP contribution >= 0.6 is 0 Å². The van der Waals surface area contributed by atoms with E-state index in [1.807, 2.05) is 41.8 Å². The average Bonchev–Trinajstić information content (AvgIpc) is 3.25. The van der Waals surface area contributed by atoms with Crippen LogP contribution in [0.5, 0.6) is 0 Å². The lowest BCUT2D eigenvalue weighted by molar-refractivity contribution is 0.0944. The van der Waals surface area contributed by atoms with Crippen molar-refractivity contribution in [3.8, 4) is 11.4 Å². The van der Waals surface area contributed by atoms with Gasteiger partial charge in [-0.25, -0.2) is 9.97 Å². The van der Waals surface area contributed by atoms with Crippen molar-refractivity contribution in [3.63, 3.8) is 0 Å². The van der Waals surface area contributed by atoms with Crippen LogP contribution in [0.25, 0.3) is 11.4 Å². The number of carbonyl (C=O) groups is 1. The maximum absolute atomic E-state index is 12.5. The Bertz CT molecular complexity index is 838. The van der Waals surface area contributed by atoms with Gasteiger partial charge < -0.3 is 19.6 Å². The first-order chi connectivity index (χ1) is 12.2. The van der Waals surface area contributed by atoms with Crippen LogP contribution in [-0.4, -0.2) is 39.1 Å². The molecule has 0 fully saturated rings. The van der Waals surface area contributed by atoms with Crippen molar-refractivity contribution in [2.24, 2.45) is 0 Å². The van der Waals surface area contributed by atoms with Crippen molar-refractivity contribution >= 4 is 5.91 Å². The van der Waals surface area contributed by atoms with E-state index in [4.69, 9.17) is 4.74 Å². The summed E-state index contributed by atoms with van der Waals surface area (Å²) in [6.07, 6.45) is 3.47. The molecule has 1 amide bonds. The van der Waals surface area contributed by atoms with Crippen LogP contribution < -0.4 is 5.32 Å². The molecule has 0 atom stereocenters. The van der Waals surface area contributed by atoms with E-state index in [1.54, 1.807) is 19.6 Å².